The molecule has 29 heavy (non-hydrogen) atoms. The second kappa shape index (κ2) is 8.28. The van der Waals surface area contributed by atoms with Crippen molar-refractivity contribution in [1.82, 2.24) is 14.7 Å². The van der Waals surface area contributed by atoms with Gasteiger partial charge in [-0.05, 0) is 30.2 Å². The first-order chi connectivity index (χ1) is 14.2. The molecule has 0 fully saturated rings. The number of hydrogen-bond acceptors (Lipinski definition) is 5. The molecule has 1 atom stereocenters. The molecule has 0 aliphatic heterocycles. The van der Waals surface area contributed by atoms with Crippen LogP contribution in [-0.4, -0.2) is 21.9 Å². The lowest BCUT2D eigenvalue weighted by Gasteiger charge is -2.20. The summed E-state index contributed by atoms with van der Waals surface area (Å²) in [6.07, 6.45) is 2.96. The van der Waals surface area contributed by atoms with E-state index in [0.717, 1.165) is 16.9 Å². The predicted molar refractivity (Wildman–Crippen MR) is 113 cm³/mol. The Hall–Kier alpha value is -3.45. The van der Waals surface area contributed by atoms with Crippen LogP contribution in [0.5, 0.6) is 5.75 Å². The minimum Gasteiger partial charge on any atom is -0.494 e. The Kier molecular flexibility index (Phi) is 5.39. The summed E-state index contributed by atoms with van der Waals surface area (Å²) in [5, 5.41) is 4.75. The molecule has 4 aromatic rings. The number of nitrogens with zero attached hydrogens (tertiary/aromatic N) is 2. The van der Waals surface area contributed by atoms with Crippen LogP contribution in [0.15, 0.2) is 77.2 Å². The molecule has 2 aromatic carbocycles. The summed E-state index contributed by atoms with van der Waals surface area (Å²) in [7, 11) is 0. The van der Waals surface area contributed by atoms with E-state index in [1.165, 1.54) is 21.9 Å². The highest BCUT2D eigenvalue weighted by atomic mass is 32.1. The molecule has 146 valence electrons. The van der Waals surface area contributed by atoms with Crippen molar-refractivity contribution in [2.45, 2.75) is 13.0 Å². The van der Waals surface area contributed by atoms with E-state index in [0.29, 0.717) is 11.6 Å². The number of thiazole rings is 1. The van der Waals surface area contributed by atoms with Crippen LogP contribution < -0.4 is 15.6 Å². The third-order valence-corrected chi connectivity index (χ3v) is 5.29. The number of carbonyl (C=O) groups excluding carboxylic acids is 1. The van der Waals surface area contributed by atoms with Crippen molar-refractivity contribution in [2.24, 2.45) is 0 Å². The number of aromatic nitrogens is 2. The number of nitrogens with one attached hydrogen (secondary N) is 1. The van der Waals surface area contributed by atoms with Crippen molar-refractivity contribution in [2.75, 3.05) is 6.61 Å². The summed E-state index contributed by atoms with van der Waals surface area (Å²) in [6, 6.07) is 16.8. The molecule has 0 aliphatic carbocycles. The van der Waals surface area contributed by atoms with Gasteiger partial charge < -0.3 is 10.1 Å². The highest BCUT2D eigenvalue weighted by Gasteiger charge is 2.21. The first kappa shape index (κ1) is 18.9. The number of benzene rings is 2. The monoisotopic (exact) mass is 405 g/mol. The molecule has 0 spiro atoms. The highest BCUT2D eigenvalue weighted by Crippen LogP contribution is 2.24. The smallest absolute Gasteiger partial charge is 0.271 e. The third-order valence-electron chi connectivity index (χ3n) is 4.52. The Morgan fingerprint density at radius 2 is 1.86 bits per heavy atom. The van der Waals surface area contributed by atoms with Crippen LogP contribution in [0.25, 0.3) is 4.96 Å². The van der Waals surface area contributed by atoms with Crippen molar-refractivity contribution in [1.29, 1.82) is 0 Å². The average molecular weight is 405 g/mol. The van der Waals surface area contributed by atoms with Crippen LogP contribution in [0.1, 0.15) is 34.5 Å². The zero-order valence-corrected chi connectivity index (χ0v) is 16.6. The molecular weight excluding hydrogens is 386 g/mol. The molecule has 0 unspecified atom stereocenters. The lowest BCUT2D eigenvalue weighted by atomic mass is 9.98. The Morgan fingerprint density at radius 1 is 1.14 bits per heavy atom. The first-order valence-corrected chi connectivity index (χ1v) is 10.1. The lowest BCUT2D eigenvalue weighted by Crippen LogP contribution is -2.34. The van der Waals surface area contributed by atoms with Gasteiger partial charge in [-0.2, -0.15) is 0 Å². The van der Waals surface area contributed by atoms with Gasteiger partial charge >= 0.3 is 0 Å². The van der Waals surface area contributed by atoms with E-state index in [9.17, 15) is 9.59 Å². The maximum atomic E-state index is 13.0. The summed E-state index contributed by atoms with van der Waals surface area (Å²) >= 11 is 1.34. The van der Waals surface area contributed by atoms with Gasteiger partial charge in [0, 0.05) is 17.8 Å². The van der Waals surface area contributed by atoms with E-state index in [-0.39, 0.29) is 11.1 Å². The number of rotatable bonds is 6. The largest absolute Gasteiger partial charge is 0.494 e. The normalized spacial score (nSPS) is 11.9. The average Bonchev–Trinajstić information content (AvgIpc) is 3.24. The van der Waals surface area contributed by atoms with Gasteiger partial charge in [0.1, 0.15) is 11.3 Å². The molecule has 4 rings (SSSR count). The van der Waals surface area contributed by atoms with E-state index >= 15 is 0 Å². The maximum Gasteiger partial charge on any atom is 0.271 e. The minimum absolute atomic E-state index is 0.00719. The number of fused-ring (bicyclic) bond motifs is 1. The van der Waals surface area contributed by atoms with Crippen molar-refractivity contribution in [3.63, 3.8) is 0 Å². The highest BCUT2D eigenvalue weighted by molar-refractivity contribution is 7.15. The SMILES string of the molecule is CCOc1ccc([C@H](NC(=O)c2cnc3sccn3c2=O)c2ccccc2)cc1. The quantitative estimate of drug-likeness (QED) is 0.531. The van der Waals surface area contributed by atoms with Gasteiger partial charge in [0.2, 0.25) is 0 Å². The van der Waals surface area contributed by atoms with Crippen LogP contribution in [0.4, 0.5) is 0 Å². The summed E-state index contributed by atoms with van der Waals surface area (Å²) in [4.78, 5) is 30.4. The Labute approximate surface area is 171 Å². The molecule has 0 aliphatic rings. The molecule has 0 saturated carbocycles. The van der Waals surface area contributed by atoms with Crippen molar-refractivity contribution < 1.29 is 9.53 Å². The second-order valence-corrected chi connectivity index (χ2v) is 7.22. The van der Waals surface area contributed by atoms with Gasteiger partial charge in [0.25, 0.3) is 11.5 Å². The van der Waals surface area contributed by atoms with E-state index in [2.05, 4.69) is 10.3 Å². The zero-order chi connectivity index (χ0) is 20.2. The number of amides is 1. The van der Waals surface area contributed by atoms with Crippen LogP contribution >= 0.6 is 11.3 Å². The molecule has 0 radical (unpaired) electrons. The lowest BCUT2D eigenvalue weighted by molar-refractivity contribution is 0.0941. The summed E-state index contributed by atoms with van der Waals surface area (Å²) < 4.78 is 6.89. The van der Waals surface area contributed by atoms with Crippen LogP contribution in [-0.2, 0) is 0 Å². The Bertz CT molecular complexity index is 1180. The summed E-state index contributed by atoms with van der Waals surface area (Å²) in [5.41, 5.74) is 1.42. The summed E-state index contributed by atoms with van der Waals surface area (Å²) in [5.74, 6) is 0.297. The molecule has 0 bridgehead atoms. The Balaban J connectivity index is 1.68. The topological polar surface area (TPSA) is 72.7 Å². The van der Waals surface area contributed by atoms with Gasteiger partial charge in [0.05, 0.1) is 12.6 Å². The fraction of sp³-hybridized carbons (Fsp3) is 0.136. The zero-order valence-electron chi connectivity index (χ0n) is 15.7. The van der Waals surface area contributed by atoms with Gasteiger partial charge in [-0.1, -0.05) is 42.5 Å². The van der Waals surface area contributed by atoms with Crippen LogP contribution in [0.3, 0.4) is 0 Å². The number of carbonyl (C=O) groups is 1. The molecule has 2 aromatic heterocycles. The number of ether oxygens (including phenoxy) is 1. The van der Waals surface area contributed by atoms with E-state index in [4.69, 9.17) is 4.74 Å². The molecule has 2 heterocycles. The van der Waals surface area contributed by atoms with Gasteiger partial charge in [-0.25, -0.2) is 4.98 Å². The molecule has 7 heteroatoms. The van der Waals surface area contributed by atoms with Gasteiger partial charge in [0.15, 0.2) is 4.96 Å². The minimum atomic E-state index is -0.467. The third kappa shape index (κ3) is 3.90. The maximum absolute atomic E-state index is 13.0. The van der Waals surface area contributed by atoms with E-state index < -0.39 is 11.9 Å². The molecule has 6 nitrogen and oxygen atoms in total. The predicted octanol–water partition coefficient (Wildman–Crippen LogP) is 3.67. The van der Waals surface area contributed by atoms with Gasteiger partial charge in [-0.15, -0.1) is 11.3 Å². The van der Waals surface area contributed by atoms with E-state index in [1.54, 1.807) is 11.6 Å². The van der Waals surface area contributed by atoms with Crippen LogP contribution in [0.2, 0.25) is 0 Å². The van der Waals surface area contributed by atoms with E-state index in [1.807, 2.05) is 61.5 Å². The fourth-order valence-corrected chi connectivity index (χ4v) is 3.79. The second-order valence-electron chi connectivity index (χ2n) is 6.35. The van der Waals surface area contributed by atoms with Crippen LogP contribution in [0, 0.1) is 0 Å². The van der Waals surface area contributed by atoms with Crippen molar-refractivity contribution in [3.8, 4) is 5.75 Å². The first-order valence-electron chi connectivity index (χ1n) is 9.21. The fourth-order valence-electron chi connectivity index (χ4n) is 3.12. The van der Waals surface area contributed by atoms with Crippen molar-refractivity contribution in [3.05, 3.63) is 99.4 Å². The number of hydrogen-bond donors (Lipinski definition) is 1. The molecular formula is C22H19N3O3S. The van der Waals surface area contributed by atoms with Crippen molar-refractivity contribution >= 4 is 22.2 Å². The molecule has 1 amide bonds. The summed E-state index contributed by atoms with van der Waals surface area (Å²) in [6.45, 7) is 2.51. The molecule has 1 N–H and O–H groups in total. The van der Waals surface area contributed by atoms with Gasteiger partial charge in [-0.3, -0.25) is 14.0 Å². The molecule has 0 saturated heterocycles. The standard InChI is InChI=1S/C22H19N3O3S/c1-2-28-17-10-8-16(9-11-17)19(15-6-4-3-5-7-15)24-20(26)18-14-23-22-25(21(18)27)12-13-29-22/h3-14,19H,2H2,1H3,(H,24,26)/t19-/m1/s1. The Morgan fingerprint density at radius 3 is 2.59 bits per heavy atom.